The molecule has 2 aliphatic heterocycles. The van der Waals surface area contributed by atoms with Crippen LogP contribution in [0.5, 0.6) is 5.75 Å². The Bertz CT molecular complexity index is 1660. The Kier molecular flexibility index (Phi) is 11.1. The van der Waals surface area contributed by atoms with E-state index in [4.69, 9.17) is 19.4 Å². The van der Waals surface area contributed by atoms with Crippen molar-refractivity contribution in [3.8, 4) is 17.0 Å². The summed E-state index contributed by atoms with van der Waals surface area (Å²) in [6, 6.07) is 9.44. The molecular formula is C31H33F4N5O8. The van der Waals surface area contributed by atoms with E-state index in [1.54, 1.807) is 41.4 Å². The van der Waals surface area contributed by atoms with Crippen LogP contribution >= 0.6 is 0 Å². The Morgan fingerprint density at radius 3 is 2.50 bits per heavy atom. The molecule has 2 bridgehead atoms. The lowest BCUT2D eigenvalue weighted by atomic mass is 9.98. The van der Waals surface area contributed by atoms with Crippen LogP contribution in [0.15, 0.2) is 42.6 Å². The van der Waals surface area contributed by atoms with Crippen LogP contribution in [-0.4, -0.2) is 71.0 Å². The SMILES string of the molecule is COC(=O)Nc1ccc2c(c1)NC(=O)[C@H](C)CCC[C@H](N1CCC(c3cccc(OC)c3F)OC1=O)c1ncc-2[nH]1.O=C(O)C(F)(F)F. The first-order valence-electron chi connectivity index (χ1n) is 14.7. The molecule has 3 heterocycles. The minimum atomic E-state index is -5.08. The van der Waals surface area contributed by atoms with E-state index in [0.717, 1.165) is 0 Å². The summed E-state index contributed by atoms with van der Waals surface area (Å²) in [5.74, 6) is -3.11. The molecule has 1 unspecified atom stereocenters. The standard InChI is InChI=1S/C29H32FN5O6.C2HF3O2/c1-16-6-4-8-22(35-13-12-23(41-29(35)38)19-7-5-9-24(39-2)25(19)30)26-31-15-21(33-26)18-11-10-17(32-28(37)40-3)14-20(18)34-27(16)36;3-2(4,5)1(6)7/h5,7,9-11,14-16,22-23H,4,6,8,12-13H2,1-3H3,(H,31,33)(H,32,37)(H,34,36);(H,6,7)/t16-,22+,23?;/m1./s1. The van der Waals surface area contributed by atoms with E-state index in [0.29, 0.717) is 60.7 Å². The summed E-state index contributed by atoms with van der Waals surface area (Å²) in [5, 5.41) is 12.7. The van der Waals surface area contributed by atoms with Gasteiger partial charge in [-0.25, -0.2) is 23.8 Å². The number of carboxylic acids is 1. The van der Waals surface area contributed by atoms with Gasteiger partial charge in [-0.15, -0.1) is 0 Å². The van der Waals surface area contributed by atoms with Crippen molar-refractivity contribution in [3.63, 3.8) is 0 Å². The number of H-pyrrole nitrogens is 1. The second-order valence-electron chi connectivity index (χ2n) is 10.9. The molecular weight excluding hydrogens is 646 g/mol. The molecule has 48 heavy (non-hydrogen) atoms. The molecule has 1 fully saturated rings. The van der Waals surface area contributed by atoms with Crippen LogP contribution in [0.25, 0.3) is 11.3 Å². The van der Waals surface area contributed by atoms with E-state index in [1.165, 1.54) is 20.3 Å². The Hall–Kier alpha value is -5.35. The van der Waals surface area contributed by atoms with E-state index in [9.17, 15) is 31.9 Å². The summed E-state index contributed by atoms with van der Waals surface area (Å²) >= 11 is 0. The molecule has 258 valence electrons. The number of nitrogens with one attached hydrogen (secondary N) is 3. The maximum atomic E-state index is 14.9. The van der Waals surface area contributed by atoms with E-state index in [2.05, 4.69) is 25.3 Å². The number of aromatic nitrogens is 2. The van der Waals surface area contributed by atoms with Gasteiger partial charge in [0.15, 0.2) is 11.6 Å². The third kappa shape index (κ3) is 8.32. The van der Waals surface area contributed by atoms with Gasteiger partial charge in [-0.2, -0.15) is 13.2 Å². The number of hydrogen-bond donors (Lipinski definition) is 4. The van der Waals surface area contributed by atoms with Gasteiger partial charge in [0.25, 0.3) is 0 Å². The van der Waals surface area contributed by atoms with Crippen LogP contribution in [0.1, 0.15) is 56.1 Å². The molecule has 1 aromatic heterocycles. The number of benzene rings is 2. The number of rotatable bonds is 4. The number of carbonyl (C=O) groups is 4. The van der Waals surface area contributed by atoms with Crippen molar-refractivity contribution in [1.29, 1.82) is 0 Å². The number of imidazole rings is 1. The number of fused-ring (bicyclic) bond motifs is 4. The van der Waals surface area contributed by atoms with Crippen molar-refractivity contribution in [2.45, 2.75) is 50.9 Å². The number of amides is 3. The Morgan fingerprint density at radius 1 is 1.12 bits per heavy atom. The summed E-state index contributed by atoms with van der Waals surface area (Å²) in [7, 11) is 2.66. The topological polar surface area (TPSA) is 172 Å². The highest BCUT2D eigenvalue weighted by Crippen LogP contribution is 2.38. The number of carboxylic acid groups (broad SMARTS) is 1. The van der Waals surface area contributed by atoms with Crippen LogP contribution in [0.3, 0.4) is 0 Å². The number of methoxy groups -OCH3 is 2. The summed E-state index contributed by atoms with van der Waals surface area (Å²) in [4.78, 5) is 56.5. The van der Waals surface area contributed by atoms with Gasteiger partial charge in [-0.3, -0.25) is 15.0 Å². The van der Waals surface area contributed by atoms with Crippen molar-refractivity contribution >= 4 is 35.4 Å². The fraction of sp³-hybridized carbons (Fsp3) is 0.387. The van der Waals surface area contributed by atoms with E-state index < -0.39 is 42.3 Å². The van der Waals surface area contributed by atoms with Crippen LogP contribution in [0.2, 0.25) is 0 Å². The summed E-state index contributed by atoms with van der Waals surface area (Å²) in [6.07, 6.45) is -3.22. The number of anilines is 2. The minimum Gasteiger partial charge on any atom is -0.494 e. The number of cyclic esters (lactones) is 1. The minimum absolute atomic E-state index is 0.0926. The number of nitrogens with zero attached hydrogens (tertiary/aromatic N) is 2. The molecule has 0 saturated carbocycles. The molecule has 2 aliphatic rings. The average Bonchev–Trinajstić information content (AvgIpc) is 3.52. The molecule has 13 nitrogen and oxygen atoms in total. The van der Waals surface area contributed by atoms with Gasteiger partial charge in [-0.05, 0) is 37.1 Å². The van der Waals surface area contributed by atoms with Crippen LogP contribution in [0, 0.1) is 11.7 Å². The van der Waals surface area contributed by atoms with E-state index in [-0.39, 0.29) is 23.1 Å². The second kappa shape index (κ2) is 15.0. The Morgan fingerprint density at radius 2 is 1.85 bits per heavy atom. The molecule has 3 amide bonds. The smallest absolute Gasteiger partial charge is 0.490 e. The molecule has 0 radical (unpaired) electrons. The first-order chi connectivity index (χ1) is 22.7. The van der Waals surface area contributed by atoms with E-state index in [1.807, 2.05) is 6.92 Å². The fourth-order valence-electron chi connectivity index (χ4n) is 5.25. The highest BCUT2D eigenvalue weighted by molar-refractivity contribution is 5.98. The molecule has 2 aromatic carbocycles. The molecule has 5 rings (SSSR count). The third-order valence-corrected chi connectivity index (χ3v) is 7.76. The summed E-state index contributed by atoms with van der Waals surface area (Å²) in [6.45, 7) is 2.18. The molecule has 1 saturated heterocycles. The lowest BCUT2D eigenvalue weighted by Gasteiger charge is -2.36. The summed E-state index contributed by atoms with van der Waals surface area (Å²) < 4.78 is 62.1. The number of carbonyl (C=O) groups excluding carboxylic acids is 3. The Balaban J connectivity index is 0.000000671. The van der Waals surface area contributed by atoms with Gasteiger partial charge in [0.05, 0.1) is 37.8 Å². The largest absolute Gasteiger partial charge is 0.494 e. The van der Waals surface area contributed by atoms with Crippen molar-refractivity contribution in [2.75, 3.05) is 31.4 Å². The van der Waals surface area contributed by atoms with Gasteiger partial charge >= 0.3 is 24.3 Å². The molecule has 0 spiro atoms. The van der Waals surface area contributed by atoms with Gasteiger partial charge in [0.1, 0.15) is 11.9 Å². The zero-order chi connectivity index (χ0) is 35.2. The van der Waals surface area contributed by atoms with Gasteiger partial charge in [0, 0.05) is 35.7 Å². The zero-order valence-corrected chi connectivity index (χ0v) is 26.0. The lowest BCUT2D eigenvalue weighted by molar-refractivity contribution is -0.192. The molecule has 3 atom stereocenters. The van der Waals surface area contributed by atoms with Crippen molar-refractivity contribution in [1.82, 2.24) is 14.9 Å². The van der Waals surface area contributed by atoms with Crippen LogP contribution < -0.4 is 15.4 Å². The normalized spacial score (nSPS) is 19.6. The van der Waals surface area contributed by atoms with Gasteiger partial charge < -0.3 is 29.6 Å². The van der Waals surface area contributed by atoms with Crippen molar-refractivity contribution in [2.24, 2.45) is 5.92 Å². The first-order valence-corrected chi connectivity index (χ1v) is 14.7. The van der Waals surface area contributed by atoms with Gasteiger partial charge in [0.2, 0.25) is 5.91 Å². The number of alkyl halides is 3. The maximum Gasteiger partial charge on any atom is 0.490 e. The average molecular weight is 680 g/mol. The highest BCUT2D eigenvalue weighted by Gasteiger charge is 2.38. The number of aromatic amines is 1. The number of hydrogen-bond acceptors (Lipinski definition) is 8. The first kappa shape index (κ1) is 35.5. The lowest BCUT2D eigenvalue weighted by Crippen LogP contribution is -2.42. The monoisotopic (exact) mass is 679 g/mol. The van der Waals surface area contributed by atoms with Gasteiger partial charge in [-0.1, -0.05) is 25.5 Å². The number of ether oxygens (including phenoxy) is 3. The highest BCUT2D eigenvalue weighted by atomic mass is 19.4. The molecule has 4 N–H and O–H groups in total. The molecule has 0 aliphatic carbocycles. The predicted octanol–water partition coefficient (Wildman–Crippen LogP) is 6.42. The molecule has 3 aromatic rings. The maximum absolute atomic E-state index is 14.9. The van der Waals surface area contributed by atoms with Crippen molar-refractivity contribution in [3.05, 3.63) is 59.8 Å². The second-order valence-corrected chi connectivity index (χ2v) is 10.9. The number of halogens is 4. The summed E-state index contributed by atoms with van der Waals surface area (Å²) in [5.41, 5.74) is 2.50. The third-order valence-electron chi connectivity index (χ3n) is 7.76. The van der Waals surface area contributed by atoms with Crippen molar-refractivity contribution < 1.29 is 56.1 Å². The van der Waals surface area contributed by atoms with E-state index >= 15 is 0 Å². The zero-order valence-electron chi connectivity index (χ0n) is 26.0. The Labute approximate surface area is 271 Å². The van der Waals surface area contributed by atoms with Crippen LogP contribution in [-0.2, 0) is 19.1 Å². The fourth-order valence-corrected chi connectivity index (χ4v) is 5.25. The predicted molar refractivity (Wildman–Crippen MR) is 162 cm³/mol. The van der Waals surface area contributed by atoms with Crippen LogP contribution in [0.4, 0.5) is 38.5 Å². The quantitative estimate of drug-likeness (QED) is 0.227. The molecule has 17 heteroatoms. The number of aliphatic carboxylic acids is 1.